The van der Waals surface area contributed by atoms with E-state index in [1.165, 1.54) is 21.6 Å². The van der Waals surface area contributed by atoms with E-state index in [2.05, 4.69) is 49.2 Å². The highest BCUT2D eigenvalue weighted by atomic mass is 32.1. The van der Waals surface area contributed by atoms with E-state index in [1.807, 2.05) is 6.07 Å². The topological polar surface area (TPSA) is 0 Å². The van der Waals surface area contributed by atoms with Gasteiger partial charge in [-0.05, 0) is 29.0 Å². The monoisotopic (exact) mass is 220 g/mol. The summed E-state index contributed by atoms with van der Waals surface area (Å²) in [6, 6.07) is 10.5. The molecule has 2 rings (SSSR count). The zero-order valence-electron chi connectivity index (χ0n) is 8.03. The molecule has 2 aromatic rings. The Morgan fingerprint density at radius 2 is 1.93 bits per heavy atom. The van der Waals surface area contributed by atoms with Crippen LogP contribution in [0.1, 0.15) is 10.4 Å². The first-order chi connectivity index (χ1) is 6.83. The van der Waals surface area contributed by atoms with Crippen LogP contribution in [0.25, 0.3) is 11.1 Å². The van der Waals surface area contributed by atoms with Gasteiger partial charge in [0.05, 0.1) is 0 Å². The van der Waals surface area contributed by atoms with E-state index in [4.69, 9.17) is 0 Å². The van der Waals surface area contributed by atoms with Crippen LogP contribution in [0, 0.1) is 6.92 Å². The maximum Gasteiger partial charge on any atom is 0.0168 e. The molecule has 0 aliphatic carbocycles. The van der Waals surface area contributed by atoms with Crippen LogP contribution in [0.5, 0.6) is 0 Å². The largest absolute Gasteiger partial charge is 0.174 e. The van der Waals surface area contributed by atoms with Gasteiger partial charge in [-0.2, -0.15) is 12.6 Å². The molecule has 1 aromatic carbocycles. The molecule has 0 aliphatic rings. The summed E-state index contributed by atoms with van der Waals surface area (Å²) in [6.45, 7) is 2.17. The van der Waals surface area contributed by atoms with Crippen molar-refractivity contribution in [2.24, 2.45) is 0 Å². The summed E-state index contributed by atoms with van der Waals surface area (Å²) < 4.78 is 0. The number of thiophene rings is 1. The number of rotatable bonds is 2. The van der Waals surface area contributed by atoms with Crippen molar-refractivity contribution in [3.63, 3.8) is 0 Å². The molecule has 0 unspecified atom stereocenters. The average molecular weight is 220 g/mol. The van der Waals surface area contributed by atoms with Crippen molar-refractivity contribution >= 4 is 24.0 Å². The predicted molar refractivity (Wildman–Crippen MR) is 67.2 cm³/mol. The van der Waals surface area contributed by atoms with Crippen molar-refractivity contribution < 1.29 is 0 Å². The molecule has 1 aromatic heterocycles. The molecule has 1 heterocycles. The highest BCUT2D eigenvalue weighted by Gasteiger charge is 2.08. The Morgan fingerprint density at radius 1 is 1.21 bits per heavy atom. The summed E-state index contributed by atoms with van der Waals surface area (Å²) in [5.41, 5.74) is 4.00. The number of hydrogen-bond donors (Lipinski definition) is 1. The molecule has 72 valence electrons. The summed E-state index contributed by atoms with van der Waals surface area (Å²) in [7, 11) is 0. The van der Waals surface area contributed by atoms with E-state index in [0.29, 0.717) is 0 Å². The molecule has 0 atom stereocenters. The molecule has 0 radical (unpaired) electrons. The highest BCUT2D eigenvalue weighted by molar-refractivity contribution is 7.79. The van der Waals surface area contributed by atoms with Crippen LogP contribution < -0.4 is 0 Å². The number of thiol groups is 1. The fourth-order valence-electron chi connectivity index (χ4n) is 1.61. The molecule has 0 amide bonds. The summed E-state index contributed by atoms with van der Waals surface area (Å²) in [5, 5.41) is 2.20. The predicted octanol–water partition coefficient (Wildman–Crippen LogP) is 4.15. The van der Waals surface area contributed by atoms with Gasteiger partial charge in [0.15, 0.2) is 0 Å². The molecule has 0 N–H and O–H groups in total. The van der Waals surface area contributed by atoms with Crippen LogP contribution in [0.15, 0.2) is 35.7 Å². The third-order valence-electron chi connectivity index (χ3n) is 2.28. The first-order valence-electron chi connectivity index (χ1n) is 4.56. The molecule has 0 bridgehead atoms. The van der Waals surface area contributed by atoms with Gasteiger partial charge in [0.2, 0.25) is 0 Å². The summed E-state index contributed by atoms with van der Waals surface area (Å²) in [5.74, 6) is 0.814. The molecular formula is C12H12S2. The first kappa shape index (κ1) is 9.81. The molecule has 0 aliphatic heterocycles. The fraction of sp³-hybridized carbons (Fsp3) is 0.167. The molecule has 0 saturated heterocycles. The smallest absolute Gasteiger partial charge is 0.0168 e. The lowest BCUT2D eigenvalue weighted by Crippen LogP contribution is -1.82. The van der Waals surface area contributed by atoms with Crippen LogP contribution in [-0.4, -0.2) is 0 Å². The minimum Gasteiger partial charge on any atom is -0.174 e. The molecule has 0 fully saturated rings. The quantitative estimate of drug-likeness (QED) is 0.722. The number of aryl methyl sites for hydroxylation is 1. The van der Waals surface area contributed by atoms with E-state index in [-0.39, 0.29) is 0 Å². The Kier molecular flexibility index (Phi) is 2.94. The van der Waals surface area contributed by atoms with Crippen LogP contribution in [0.2, 0.25) is 0 Å². The third-order valence-corrected chi connectivity index (χ3v) is 3.58. The van der Waals surface area contributed by atoms with Gasteiger partial charge in [-0.25, -0.2) is 0 Å². The standard InChI is InChI=1S/C12H12S2/c1-9-12(11(7-13)8-14-9)10-5-3-2-4-6-10/h2-6,8,13H,7H2,1H3. The lowest BCUT2D eigenvalue weighted by atomic mass is 10.0. The molecule has 0 saturated carbocycles. The maximum absolute atomic E-state index is 4.35. The van der Waals surface area contributed by atoms with Crippen molar-refractivity contribution in [2.45, 2.75) is 12.7 Å². The van der Waals surface area contributed by atoms with Crippen molar-refractivity contribution in [1.82, 2.24) is 0 Å². The van der Waals surface area contributed by atoms with Gasteiger partial charge in [0, 0.05) is 10.6 Å². The van der Waals surface area contributed by atoms with Crippen molar-refractivity contribution in [3.8, 4) is 11.1 Å². The van der Waals surface area contributed by atoms with Crippen LogP contribution in [0.3, 0.4) is 0 Å². The summed E-state index contributed by atoms with van der Waals surface area (Å²) >= 11 is 6.15. The van der Waals surface area contributed by atoms with Gasteiger partial charge in [-0.15, -0.1) is 11.3 Å². The van der Waals surface area contributed by atoms with Crippen LogP contribution in [-0.2, 0) is 5.75 Å². The van der Waals surface area contributed by atoms with Gasteiger partial charge in [-0.3, -0.25) is 0 Å². The zero-order chi connectivity index (χ0) is 9.97. The number of benzene rings is 1. The van der Waals surface area contributed by atoms with Gasteiger partial charge in [0.1, 0.15) is 0 Å². The van der Waals surface area contributed by atoms with Crippen molar-refractivity contribution in [2.75, 3.05) is 0 Å². The van der Waals surface area contributed by atoms with E-state index >= 15 is 0 Å². The highest BCUT2D eigenvalue weighted by Crippen LogP contribution is 2.32. The van der Waals surface area contributed by atoms with E-state index in [9.17, 15) is 0 Å². The van der Waals surface area contributed by atoms with Gasteiger partial charge < -0.3 is 0 Å². The number of hydrogen-bond acceptors (Lipinski definition) is 2. The second kappa shape index (κ2) is 4.20. The van der Waals surface area contributed by atoms with Crippen LogP contribution >= 0.6 is 24.0 Å². The van der Waals surface area contributed by atoms with Gasteiger partial charge >= 0.3 is 0 Å². The Labute approximate surface area is 94.0 Å². The lowest BCUT2D eigenvalue weighted by Gasteiger charge is -2.03. The van der Waals surface area contributed by atoms with E-state index in [0.717, 1.165) is 5.75 Å². The van der Waals surface area contributed by atoms with Gasteiger partial charge in [-0.1, -0.05) is 30.3 Å². The Bertz CT molecular complexity index is 415. The maximum atomic E-state index is 4.35. The minimum absolute atomic E-state index is 0.814. The molecular weight excluding hydrogens is 208 g/mol. The normalized spacial score (nSPS) is 10.4. The van der Waals surface area contributed by atoms with Crippen LogP contribution in [0.4, 0.5) is 0 Å². The fourth-order valence-corrected chi connectivity index (χ4v) is 2.87. The molecule has 0 spiro atoms. The second-order valence-electron chi connectivity index (χ2n) is 3.22. The Hall–Kier alpha value is -0.730. The molecule has 14 heavy (non-hydrogen) atoms. The third kappa shape index (κ3) is 1.72. The van der Waals surface area contributed by atoms with Crippen molar-refractivity contribution in [1.29, 1.82) is 0 Å². The Balaban J connectivity index is 2.55. The molecule has 0 nitrogen and oxygen atoms in total. The van der Waals surface area contributed by atoms with Crippen molar-refractivity contribution in [3.05, 3.63) is 46.2 Å². The second-order valence-corrected chi connectivity index (χ2v) is 4.62. The first-order valence-corrected chi connectivity index (χ1v) is 6.07. The van der Waals surface area contributed by atoms with E-state index in [1.54, 1.807) is 11.3 Å². The SMILES string of the molecule is Cc1scc(CS)c1-c1ccccc1. The van der Waals surface area contributed by atoms with E-state index < -0.39 is 0 Å². The zero-order valence-corrected chi connectivity index (χ0v) is 9.74. The van der Waals surface area contributed by atoms with Gasteiger partial charge in [0.25, 0.3) is 0 Å². The average Bonchev–Trinajstić information content (AvgIpc) is 2.61. The lowest BCUT2D eigenvalue weighted by molar-refractivity contribution is 1.45. The summed E-state index contributed by atoms with van der Waals surface area (Å²) in [6.07, 6.45) is 0. The summed E-state index contributed by atoms with van der Waals surface area (Å²) in [4.78, 5) is 1.38. The minimum atomic E-state index is 0.814. The molecule has 2 heteroatoms. The Morgan fingerprint density at radius 3 is 2.57 bits per heavy atom.